The summed E-state index contributed by atoms with van der Waals surface area (Å²) in [5.74, 6) is 1.85. The molecule has 1 heterocycles. The summed E-state index contributed by atoms with van der Waals surface area (Å²) in [7, 11) is 1.39. The summed E-state index contributed by atoms with van der Waals surface area (Å²) in [5.41, 5.74) is 1.76. The molecule has 0 aliphatic heterocycles. The van der Waals surface area contributed by atoms with E-state index in [9.17, 15) is 4.79 Å². The van der Waals surface area contributed by atoms with Crippen LogP contribution in [0.3, 0.4) is 0 Å². The van der Waals surface area contributed by atoms with Gasteiger partial charge in [-0.15, -0.1) is 11.6 Å². The van der Waals surface area contributed by atoms with Gasteiger partial charge in [0.15, 0.2) is 0 Å². The molecule has 0 spiro atoms. The zero-order valence-electron chi connectivity index (χ0n) is 12.3. The number of methoxy groups -OCH3 is 1. The number of para-hydroxylation sites is 1. The van der Waals surface area contributed by atoms with E-state index in [0.717, 1.165) is 22.6 Å². The molecule has 2 rings (SSSR count). The monoisotopic (exact) mass is 310 g/mol. The quantitative estimate of drug-likeness (QED) is 0.583. The van der Waals surface area contributed by atoms with Crippen LogP contribution < -0.4 is 4.74 Å². The molecule has 0 N–H and O–H groups in total. The Labute approximate surface area is 128 Å². The second-order valence-corrected chi connectivity index (χ2v) is 4.88. The van der Waals surface area contributed by atoms with E-state index in [0.29, 0.717) is 31.9 Å². The lowest BCUT2D eigenvalue weighted by Gasteiger charge is -2.08. The van der Waals surface area contributed by atoms with E-state index in [1.54, 1.807) is 0 Å². The maximum absolute atomic E-state index is 11.4. The van der Waals surface area contributed by atoms with Gasteiger partial charge in [0.25, 0.3) is 0 Å². The normalized spacial score (nSPS) is 10.8. The molecule has 2 aromatic rings. The number of hydrogen-bond acceptors (Lipinski definition) is 4. The van der Waals surface area contributed by atoms with Crippen LogP contribution in [-0.4, -0.2) is 35.1 Å². The molecule has 0 radical (unpaired) electrons. The highest BCUT2D eigenvalue weighted by atomic mass is 35.5. The third-order valence-electron chi connectivity index (χ3n) is 3.21. The number of fused-ring (bicyclic) bond motifs is 1. The molecule has 21 heavy (non-hydrogen) atoms. The third-order valence-corrected chi connectivity index (χ3v) is 3.40. The van der Waals surface area contributed by atoms with Gasteiger partial charge in [-0.05, 0) is 19.1 Å². The topological polar surface area (TPSA) is 53.4 Å². The summed E-state index contributed by atoms with van der Waals surface area (Å²) in [6, 6.07) is 5.79. The molecule has 0 saturated carbocycles. The first-order chi connectivity index (χ1) is 10.2. The minimum Gasteiger partial charge on any atom is -0.492 e. The van der Waals surface area contributed by atoms with Crippen LogP contribution in [0.1, 0.15) is 19.2 Å². The molecule has 0 aliphatic rings. The van der Waals surface area contributed by atoms with Crippen LogP contribution in [0.2, 0.25) is 0 Å². The summed E-state index contributed by atoms with van der Waals surface area (Å²) in [6.07, 6.45) is 0.944. The van der Waals surface area contributed by atoms with Crippen molar-refractivity contribution in [2.45, 2.75) is 26.3 Å². The van der Waals surface area contributed by atoms with E-state index in [1.807, 2.05) is 29.7 Å². The molecule has 0 atom stereocenters. The van der Waals surface area contributed by atoms with Gasteiger partial charge >= 0.3 is 5.97 Å². The largest absolute Gasteiger partial charge is 0.492 e. The fraction of sp³-hybridized carbons (Fsp3) is 0.467. The molecular formula is C15H19ClN2O3. The number of alkyl halides is 1. The summed E-state index contributed by atoms with van der Waals surface area (Å²) < 4.78 is 12.3. The van der Waals surface area contributed by atoms with Crippen LogP contribution in [0.15, 0.2) is 18.2 Å². The number of benzene rings is 1. The van der Waals surface area contributed by atoms with Gasteiger partial charge in [0.05, 0.1) is 25.7 Å². The Balaban J connectivity index is 2.42. The lowest BCUT2D eigenvalue weighted by atomic mass is 10.3. The smallest absolute Gasteiger partial charge is 0.307 e. The van der Waals surface area contributed by atoms with Crippen molar-refractivity contribution in [3.63, 3.8) is 0 Å². The summed E-state index contributed by atoms with van der Waals surface area (Å²) in [5, 5.41) is 0. The van der Waals surface area contributed by atoms with Crippen LogP contribution in [0.25, 0.3) is 11.0 Å². The van der Waals surface area contributed by atoms with Crippen molar-refractivity contribution in [3.05, 3.63) is 24.0 Å². The maximum Gasteiger partial charge on any atom is 0.307 e. The van der Waals surface area contributed by atoms with Crippen molar-refractivity contribution in [1.82, 2.24) is 9.55 Å². The number of carbonyl (C=O) groups is 1. The van der Waals surface area contributed by atoms with Gasteiger partial charge in [-0.1, -0.05) is 6.07 Å². The van der Waals surface area contributed by atoms with Crippen LogP contribution in [0, 0.1) is 0 Å². The van der Waals surface area contributed by atoms with E-state index in [2.05, 4.69) is 4.98 Å². The van der Waals surface area contributed by atoms with Crippen molar-refractivity contribution in [1.29, 1.82) is 0 Å². The summed E-state index contributed by atoms with van der Waals surface area (Å²) in [6.45, 7) is 3.04. The number of aromatic nitrogens is 2. The van der Waals surface area contributed by atoms with Crippen LogP contribution in [0.5, 0.6) is 5.75 Å². The average Bonchev–Trinajstić information content (AvgIpc) is 2.84. The molecule has 1 aromatic heterocycles. The van der Waals surface area contributed by atoms with Crippen molar-refractivity contribution >= 4 is 28.6 Å². The molecule has 0 unspecified atom stereocenters. The number of aryl methyl sites for hydroxylation is 2. The molecule has 1 aromatic carbocycles. The highest BCUT2D eigenvalue weighted by Gasteiger charge is 2.15. The molecule has 0 aliphatic carbocycles. The van der Waals surface area contributed by atoms with E-state index < -0.39 is 0 Å². The number of ether oxygens (including phenoxy) is 2. The molecule has 0 fully saturated rings. The number of nitrogens with zero attached hydrogens (tertiary/aromatic N) is 2. The summed E-state index contributed by atoms with van der Waals surface area (Å²) >= 11 is 5.85. The molecule has 0 bridgehead atoms. The predicted octanol–water partition coefficient (Wildman–Crippen LogP) is 2.78. The number of carbonyl (C=O) groups excluding carboxylic acids is 1. The average molecular weight is 311 g/mol. The fourth-order valence-corrected chi connectivity index (χ4v) is 2.44. The standard InChI is InChI=1S/C15H19ClN2O3/c1-3-21-12-6-4-5-11-15(12)17-13(7-9-16)18(11)10-8-14(19)20-2/h4-6H,3,7-10H2,1-2H3. The summed E-state index contributed by atoms with van der Waals surface area (Å²) in [4.78, 5) is 16.0. The van der Waals surface area contributed by atoms with Crippen LogP contribution >= 0.6 is 11.6 Å². The lowest BCUT2D eigenvalue weighted by Crippen LogP contribution is -2.10. The SMILES string of the molecule is CCOc1cccc2c1nc(CCCl)n2CCC(=O)OC. The molecule has 0 amide bonds. The molecule has 0 saturated heterocycles. The molecule has 6 heteroatoms. The Morgan fingerprint density at radius 2 is 2.24 bits per heavy atom. The minimum absolute atomic E-state index is 0.241. The van der Waals surface area contributed by atoms with Gasteiger partial charge < -0.3 is 14.0 Å². The predicted molar refractivity (Wildman–Crippen MR) is 82.0 cm³/mol. The van der Waals surface area contributed by atoms with Gasteiger partial charge in [-0.2, -0.15) is 0 Å². The van der Waals surface area contributed by atoms with E-state index in [4.69, 9.17) is 21.1 Å². The molecular weight excluding hydrogens is 292 g/mol. The Bertz CT molecular complexity index is 625. The number of imidazole rings is 1. The first kappa shape index (κ1) is 15.6. The van der Waals surface area contributed by atoms with Crippen molar-refractivity contribution < 1.29 is 14.3 Å². The molecule has 5 nitrogen and oxygen atoms in total. The Morgan fingerprint density at radius 3 is 2.90 bits per heavy atom. The van der Waals surface area contributed by atoms with Gasteiger partial charge in [-0.3, -0.25) is 4.79 Å². The zero-order chi connectivity index (χ0) is 15.2. The maximum atomic E-state index is 11.4. The zero-order valence-corrected chi connectivity index (χ0v) is 13.0. The van der Waals surface area contributed by atoms with Gasteiger partial charge in [0, 0.05) is 18.8 Å². The van der Waals surface area contributed by atoms with E-state index in [1.165, 1.54) is 7.11 Å². The Kier molecular flexibility index (Phi) is 5.44. The highest BCUT2D eigenvalue weighted by Crippen LogP contribution is 2.26. The third kappa shape index (κ3) is 3.47. The first-order valence-electron chi connectivity index (χ1n) is 6.95. The number of esters is 1. The minimum atomic E-state index is -0.241. The highest BCUT2D eigenvalue weighted by molar-refractivity contribution is 6.17. The van der Waals surface area contributed by atoms with Gasteiger partial charge in [-0.25, -0.2) is 4.98 Å². The van der Waals surface area contributed by atoms with Gasteiger partial charge in [0.2, 0.25) is 0 Å². The van der Waals surface area contributed by atoms with E-state index in [-0.39, 0.29) is 5.97 Å². The van der Waals surface area contributed by atoms with Crippen LogP contribution in [0.4, 0.5) is 0 Å². The number of halogens is 1. The molecule has 114 valence electrons. The fourth-order valence-electron chi connectivity index (χ4n) is 2.27. The second-order valence-electron chi connectivity index (χ2n) is 4.50. The number of hydrogen-bond donors (Lipinski definition) is 0. The van der Waals surface area contributed by atoms with Gasteiger partial charge in [0.1, 0.15) is 17.1 Å². The second kappa shape index (κ2) is 7.31. The Hall–Kier alpha value is -1.75. The van der Waals surface area contributed by atoms with E-state index >= 15 is 0 Å². The van der Waals surface area contributed by atoms with Crippen molar-refractivity contribution in [3.8, 4) is 5.75 Å². The van der Waals surface area contributed by atoms with Crippen LogP contribution in [-0.2, 0) is 22.5 Å². The van der Waals surface area contributed by atoms with Crippen molar-refractivity contribution in [2.75, 3.05) is 19.6 Å². The number of rotatable bonds is 7. The lowest BCUT2D eigenvalue weighted by molar-refractivity contribution is -0.140. The Morgan fingerprint density at radius 1 is 1.43 bits per heavy atom. The first-order valence-corrected chi connectivity index (χ1v) is 7.48. The van der Waals surface area contributed by atoms with Crippen molar-refractivity contribution in [2.24, 2.45) is 0 Å².